The van der Waals surface area contributed by atoms with Gasteiger partial charge in [0.1, 0.15) is 6.10 Å². The van der Waals surface area contributed by atoms with E-state index in [-0.39, 0.29) is 29.1 Å². The third-order valence-electron chi connectivity index (χ3n) is 3.72. The Morgan fingerprint density at radius 2 is 2.00 bits per heavy atom. The first-order chi connectivity index (χ1) is 9.99. The van der Waals surface area contributed by atoms with Crippen LogP contribution in [0.2, 0.25) is 0 Å². The molecule has 1 aromatic rings. The van der Waals surface area contributed by atoms with Gasteiger partial charge in [-0.05, 0) is 25.3 Å². The highest BCUT2D eigenvalue weighted by Crippen LogP contribution is 2.31. The molecule has 21 heavy (non-hydrogen) atoms. The summed E-state index contributed by atoms with van der Waals surface area (Å²) in [7, 11) is 0. The van der Waals surface area contributed by atoms with Crippen LogP contribution in [0.5, 0.6) is 5.75 Å². The van der Waals surface area contributed by atoms with Crippen LogP contribution in [-0.4, -0.2) is 23.0 Å². The first-order valence-electron chi connectivity index (χ1n) is 6.99. The summed E-state index contributed by atoms with van der Waals surface area (Å²) in [5, 5.41) is 11.1. The highest BCUT2D eigenvalue weighted by molar-refractivity contribution is 5.93. The molecule has 1 aliphatic rings. The zero-order valence-electron chi connectivity index (χ0n) is 11.7. The lowest BCUT2D eigenvalue weighted by Gasteiger charge is -2.22. The minimum Gasteiger partial charge on any atom is -0.482 e. The van der Waals surface area contributed by atoms with E-state index < -0.39 is 10.8 Å². The predicted octanol–water partition coefficient (Wildman–Crippen LogP) is 1.73. The molecule has 2 rings (SSSR count). The third kappa shape index (κ3) is 3.69. The van der Waals surface area contributed by atoms with Crippen molar-refractivity contribution in [2.75, 3.05) is 0 Å². The molecule has 0 bridgehead atoms. The van der Waals surface area contributed by atoms with Gasteiger partial charge in [0.05, 0.1) is 4.92 Å². The number of rotatable bonds is 4. The fourth-order valence-electron chi connectivity index (χ4n) is 2.52. The molecule has 0 aromatic heterocycles. The molecule has 0 saturated heterocycles. The number of primary amides is 1. The molecule has 0 spiro atoms. The normalized spacial score (nSPS) is 22.3. The highest BCUT2D eigenvalue weighted by Gasteiger charge is 2.26. The van der Waals surface area contributed by atoms with Crippen LogP contribution in [0.3, 0.4) is 0 Å². The summed E-state index contributed by atoms with van der Waals surface area (Å²) in [5.74, 6) is -0.599. The van der Waals surface area contributed by atoms with Gasteiger partial charge in [-0.15, -0.1) is 0 Å². The van der Waals surface area contributed by atoms with Crippen molar-refractivity contribution in [3.05, 3.63) is 33.9 Å². The van der Waals surface area contributed by atoms with Crippen LogP contribution >= 0.6 is 0 Å². The monoisotopic (exact) mass is 293 g/mol. The fraction of sp³-hybridized carbons (Fsp3) is 0.500. The molecule has 1 aromatic carbocycles. The quantitative estimate of drug-likeness (QED) is 0.497. The van der Waals surface area contributed by atoms with Crippen molar-refractivity contribution in [3.8, 4) is 5.75 Å². The van der Waals surface area contributed by atoms with E-state index >= 15 is 0 Å². The lowest BCUT2D eigenvalue weighted by Crippen LogP contribution is -2.38. The van der Waals surface area contributed by atoms with E-state index in [1.165, 1.54) is 18.2 Å². The Balaban J connectivity index is 2.29. The molecule has 2 atom stereocenters. The molecular weight excluding hydrogens is 274 g/mol. The number of ether oxygens (including phenoxy) is 1. The van der Waals surface area contributed by atoms with Crippen molar-refractivity contribution in [1.82, 2.24) is 0 Å². The van der Waals surface area contributed by atoms with Crippen LogP contribution in [0, 0.1) is 10.1 Å². The van der Waals surface area contributed by atoms with Crippen LogP contribution in [0.25, 0.3) is 0 Å². The van der Waals surface area contributed by atoms with Gasteiger partial charge in [-0.25, -0.2) is 0 Å². The SMILES string of the molecule is NC(=O)c1ccc([N+](=O)[O-])c(OC2CCCCCC2N)c1. The Morgan fingerprint density at radius 1 is 1.29 bits per heavy atom. The zero-order chi connectivity index (χ0) is 15.4. The zero-order valence-corrected chi connectivity index (χ0v) is 11.7. The van der Waals surface area contributed by atoms with Gasteiger partial charge in [-0.1, -0.05) is 12.8 Å². The molecule has 1 fully saturated rings. The fourth-order valence-corrected chi connectivity index (χ4v) is 2.52. The summed E-state index contributed by atoms with van der Waals surface area (Å²) in [4.78, 5) is 21.8. The van der Waals surface area contributed by atoms with E-state index in [0.29, 0.717) is 0 Å². The molecule has 0 radical (unpaired) electrons. The predicted molar refractivity (Wildman–Crippen MR) is 77.1 cm³/mol. The van der Waals surface area contributed by atoms with E-state index in [1.54, 1.807) is 0 Å². The highest BCUT2D eigenvalue weighted by atomic mass is 16.6. The summed E-state index contributed by atoms with van der Waals surface area (Å²) < 4.78 is 5.76. The lowest BCUT2D eigenvalue weighted by molar-refractivity contribution is -0.386. The molecule has 1 amide bonds. The van der Waals surface area contributed by atoms with Gasteiger partial charge < -0.3 is 16.2 Å². The Bertz CT molecular complexity index is 547. The van der Waals surface area contributed by atoms with E-state index in [2.05, 4.69) is 0 Å². The standard InChI is InChI=1S/C14H19N3O4/c15-10-4-2-1-3-5-12(10)21-13-8-9(14(16)18)6-7-11(13)17(19)20/h6-8,10,12H,1-5,15H2,(H2,16,18). The number of carbonyl (C=O) groups excluding carboxylic acids is 1. The number of nitrogens with zero attached hydrogens (tertiary/aromatic N) is 1. The Labute approximate surface area is 122 Å². The van der Waals surface area contributed by atoms with Gasteiger partial charge in [0, 0.05) is 23.7 Å². The molecular formula is C14H19N3O4. The van der Waals surface area contributed by atoms with Crippen LogP contribution in [-0.2, 0) is 0 Å². The molecule has 1 aliphatic carbocycles. The van der Waals surface area contributed by atoms with Crippen molar-refractivity contribution in [1.29, 1.82) is 0 Å². The van der Waals surface area contributed by atoms with Crippen molar-refractivity contribution >= 4 is 11.6 Å². The van der Waals surface area contributed by atoms with Gasteiger partial charge in [0.25, 0.3) is 0 Å². The smallest absolute Gasteiger partial charge is 0.310 e. The summed E-state index contributed by atoms with van der Waals surface area (Å²) in [5.41, 5.74) is 11.3. The van der Waals surface area contributed by atoms with Gasteiger partial charge in [0.2, 0.25) is 5.91 Å². The Morgan fingerprint density at radius 3 is 2.67 bits per heavy atom. The number of nitro groups is 1. The molecule has 4 N–H and O–H groups in total. The van der Waals surface area contributed by atoms with Crippen LogP contribution in [0.1, 0.15) is 42.5 Å². The summed E-state index contributed by atoms with van der Waals surface area (Å²) in [6.07, 6.45) is 4.38. The molecule has 114 valence electrons. The second-order valence-electron chi connectivity index (χ2n) is 5.26. The first kappa shape index (κ1) is 15.2. The lowest BCUT2D eigenvalue weighted by atomic mass is 10.1. The number of carbonyl (C=O) groups is 1. The van der Waals surface area contributed by atoms with Gasteiger partial charge in [-0.2, -0.15) is 0 Å². The summed E-state index contributed by atoms with van der Waals surface area (Å²) in [6, 6.07) is 3.71. The first-order valence-corrected chi connectivity index (χ1v) is 6.99. The minimum atomic E-state index is -0.653. The molecule has 2 unspecified atom stereocenters. The Kier molecular flexibility index (Phi) is 4.74. The maximum absolute atomic E-state index is 11.2. The van der Waals surface area contributed by atoms with Gasteiger partial charge in [-0.3, -0.25) is 14.9 Å². The summed E-state index contributed by atoms with van der Waals surface area (Å²) in [6.45, 7) is 0. The molecule has 7 heteroatoms. The third-order valence-corrected chi connectivity index (χ3v) is 3.72. The topological polar surface area (TPSA) is 121 Å². The molecule has 7 nitrogen and oxygen atoms in total. The number of nitrogens with two attached hydrogens (primary N) is 2. The van der Waals surface area contributed by atoms with Gasteiger partial charge >= 0.3 is 5.69 Å². The number of amides is 1. The van der Waals surface area contributed by atoms with Gasteiger partial charge in [0.15, 0.2) is 5.75 Å². The average molecular weight is 293 g/mol. The average Bonchev–Trinajstić information content (AvgIpc) is 2.64. The van der Waals surface area contributed by atoms with Crippen LogP contribution in [0.15, 0.2) is 18.2 Å². The van der Waals surface area contributed by atoms with Crippen LogP contribution < -0.4 is 16.2 Å². The van der Waals surface area contributed by atoms with Crippen molar-refractivity contribution in [2.24, 2.45) is 11.5 Å². The molecule has 0 aliphatic heterocycles. The second kappa shape index (κ2) is 6.53. The van der Waals surface area contributed by atoms with Crippen molar-refractivity contribution < 1.29 is 14.5 Å². The van der Waals surface area contributed by atoms with Crippen molar-refractivity contribution in [2.45, 2.75) is 44.2 Å². The number of benzene rings is 1. The molecule has 0 heterocycles. The largest absolute Gasteiger partial charge is 0.482 e. The van der Waals surface area contributed by atoms with E-state index in [9.17, 15) is 14.9 Å². The van der Waals surface area contributed by atoms with Crippen LogP contribution in [0.4, 0.5) is 5.69 Å². The second-order valence-corrected chi connectivity index (χ2v) is 5.26. The summed E-state index contributed by atoms with van der Waals surface area (Å²) >= 11 is 0. The Hall–Kier alpha value is -2.15. The maximum atomic E-state index is 11.2. The van der Waals surface area contributed by atoms with Crippen molar-refractivity contribution in [3.63, 3.8) is 0 Å². The van der Waals surface area contributed by atoms with E-state index in [1.807, 2.05) is 0 Å². The maximum Gasteiger partial charge on any atom is 0.310 e. The number of hydrogen-bond donors (Lipinski definition) is 2. The van der Waals surface area contributed by atoms with E-state index in [4.69, 9.17) is 16.2 Å². The molecule has 1 saturated carbocycles. The van der Waals surface area contributed by atoms with E-state index in [0.717, 1.165) is 32.1 Å². The minimum absolute atomic E-state index is 0.0543. The number of hydrogen-bond acceptors (Lipinski definition) is 5. The number of nitro benzene ring substituents is 1.